The number of aromatic nitrogens is 1. The smallest absolute Gasteiger partial charge is 0.336 e. The van der Waals surface area contributed by atoms with Crippen LogP contribution in [-0.2, 0) is 14.3 Å². The van der Waals surface area contributed by atoms with Gasteiger partial charge in [0.25, 0.3) is 21.9 Å². The number of methoxy groups -OCH3 is 1. The number of nitrogens with zero attached hydrogens (tertiary/aromatic N) is 1. The molecule has 0 bridgehead atoms. The van der Waals surface area contributed by atoms with Crippen LogP contribution in [0.5, 0.6) is 5.88 Å². The third kappa shape index (κ3) is 9.34. The number of pyridine rings is 1. The van der Waals surface area contributed by atoms with Crippen molar-refractivity contribution in [1.82, 2.24) is 10.3 Å². The molecule has 0 atom stereocenters. The number of benzene rings is 2. The van der Waals surface area contributed by atoms with E-state index >= 15 is 0 Å². The second-order valence-electron chi connectivity index (χ2n) is 10.9. The summed E-state index contributed by atoms with van der Waals surface area (Å²) in [6, 6.07) is 13.3. The van der Waals surface area contributed by atoms with Crippen molar-refractivity contribution in [2.75, 3.05) is 31.8 Å². The quantitative estimate of drug-likeness (QED) is 0.0841. The van der Waals surface area contributed by atoms with Crippen molar-refractivity contribution in [3.05, 3.63) is 77.0 Å². The number of aromatic carboxylic acids is 1. The molecule has 1 heterocycles. The Bertz CT molecular complexity index is 1700. The van der Waals surface area contributed by atoms with Crippen molar-refractivity contribution >= 4 is 39.4 Å². The first kappa shape index (κ1) is 35.7. The number of rotatable bonds is 16. The van der Waals surface area contributed by atoms with E-state index in [1.807, 2.05) is 13.8 Å². The van der Waals surface area contributed by atoms with Crippen LogP contribution in [-0.4, -0.2) is 68.6 Å². The Morgan fingerprint density at radius 3 is 2.11 bits per heavy atom. The van der Waals surface area contributed by atoms with Gasteiger partial charge in [-0.3, -0.25) is 19.2 Å². The van der Waals surface area contributed by atoms with Crippen molar-refractivity contribution in [1.29, 1.82) is 5.41 Å². The highest BCUT2D eigenvalue weighted by Crippen LogP contribution is 2.32. The Morgan fingerprint density at radius 1 is 0.957 bits per heavy atom. The molecule has 0 aliphatic heterocycles. The van der Waals surface area contributed by atoms with E-state index in [0.717, 1.165) is 19.1 Å². The number of carbonyl (C=O) groups excluding carboxylic acids is 2. The molecule has 2 amide bonds. The summed E-state index contributed by atoms with van der Waals surface area (Å²) in [6.45, 7) is 3.94. The van der Waals surface area contributed by atoms with Crippen LogP contribution in [0.3, 0.4) is 0 Å². The third-order valence-corrected chi connectivity index (χ3v) is 7.86. The maximum Gasteiger partial charge on any atom is 0.336 e. The van der Waals surface area contributed by atoms with Gasteiger partial charge in [0.15, 0.2) is 0 Å². The number of anilines is 1. The molecule has 0 spiro atoms. The zero-order valence-electron chi connectivity index (χ0n) is 26.2. The average Bonchev–Trinajstić information content (AvgIpc) is 3.02. The van der Waals surface area contributed by atoms with Crippen molar-refractivity contribution in [2.45, 2.75) is 39.5 Å². The molecule has 6 N–H and O–H groups in total. The summed E-state index contributed by atoms with van der Waals surface area (Å²) >= 11 is 0. The number of nitrogen functional groups attached to an aromatic ring is 1. The van der Waals surface area contributed by atoms with Crippen molar-refractivity contribution in [3.8, 4) is 17.0 Å². The first-order valence-corrected chi connectivity index (χ1v) is 16.3. The number of carboxylic acids is 1. The van der Waals surface area contributed by atoms with Crippen LogP contribution in [0, 0.1) is 10.8 Å². The number of amidine groups is 1. The zero-order valence-corrected chi connectivity index (χ0v) is 27.0. The SMILES string of the molecule is CCCC(CCC)(CNC(=O)c1ccc(-c2ccc(OC)nc2C(=O)Nc2ccc(C(=N)N)cc2)c(C(=O)O)c1)COS(C)(=O)=O. The van der Waals surface area contributed by atoms with Crippen molar-refractivity contribution in [3.63, 3.8) is 0 Å². The zero-order chi connectivity index (χ0) is 34.1. The van der Waals surface area contributed by atoms with Gasteiger partial charge < -0.3 is 26.2 Å². The van der Waals surface area contributed by atoms with E-state index in [-0.39, 0.29) is 52.8 Å². The molecule has 13 nitrogen and oxygen atoms in total. The van der Waals surface area contributed by atoms with Gasteiger partial charge in [-0.05, 0) is 60.9 Å². The molecular formula is C32H39N5O8S. The van der Waals surface area contributed by atoms with Gasteiger partial charge in [0.2, 0.25) is 5.88 Å². The predicted octanol–water partition coefficient (Wildman–Crippen LogP) is 4.28. The van der Waals surface area contributed by atoms with Crippen molar-refractivity contribution in [2.24, 2.45) is 11.1 Å². The van der Waals surface area contributed by atoms with Gasteiger partial charge in [-0.25, -0.2) is 9.78 Å². The Balaban J connectivity index is 1.95. The maximum atomic E-state index is 13.4. The van der Waals surface area contributed by atoms with Crippen LogP contribution in [0.4, 0.5) is 5.69 Å². The molecule has 14 heteroatoms. The Morgan fingerprint density at radius 2 is 1.57 bits per heavy atom. The molecule has 0 radical (unpaired) electrons. The van der Waals surface area contributed by atoms with Crippen LogP contribution in [0.1, 0.15) is 76.3 Å². The van der Waals surface area contributed by atoms with E-state index in [9.17, 15) is 27.9 Å². The summed E-state index contributed by atoms with van der Waals surface area (Å²) < 4.78 is 33.8. The fraction of sp³-hybridized carbons (Fsp3) is 0.344. The molecule has 46 heavy (non-hydrogen) atoms. The van der Waals surface area contributed by atoms with Gasteiger partial charge in [-0.1, -0.05) is 32.8 Å². The molecule has 0 fully saturated rings. The lowest BCUT2D eigenvalue weighted by molar-refractivity contribution is 0.0697. The molecule has 3 rings (SSSR count). The number of amides is 2. The second-order valence-corrected chi connectivity index (χ2v) is 12.6. The van der Waals surface area contributed by atoms with E-state index in [2.05, 4.69) is 15.6 Å². The predicted molar refractivity (Wildman–Crippen MR) is 174 cm³/mol. The molecule has 0 aliphatic carbocycles. The summed E-state index contributed by atoms with van der Waals surface area (Å²) in [6.07, 6.45) is 3.65. The Labute approximate surface area is 268 Å². The molecule has 3 aromatic rings. The van der Waals surface area contributed by atoms with Crippen molar-refractivity contribution < 1.29 is 36.8 Å². The summed E-state index contributed by atoms with van der Waals surface area (Å²) in [5.41, 5.74) is 5.75. The fourth-order valence-corrected chi connectivity index (χ4v) is 5.59. The highest BCUT2D eigenvalue weighted by atomic mass is 32.2. The molecule has 0 unspecified atom stereocenters. The van der Waals surface area contributed by atoms with Crippen LogP contribution in [0.15, 0.2) is 54.6 Å². The monoisotopic (exact) mass is 653 g/mol. The number of nitrogens with one attached hydrogen (secondary N) is 3. The van der Waals surface area contributed by atoms with Gasteiger partial charge in [-0.15, -0.1) is 0 Å². The minimum atomic E-state index is -3.70. The van der Waals surface area contributed by atoms with Crippen LogP contribution in [0.25, 0.3) is 11.1 Å². The molecule has 246 valence electrons. The largest absolute Gasteiger partial charge is 0.481 e. The van der Waals surface area contributed by atoms with Gasteiger partial charge in [0.1, 0.15) is 11.5 Å². The number of nitrogens with two attached hydrogens (primary N) is 1. The normalized spacial score (nSPS) is 11.5. The van der Waals surface area contributed by atoms with Gasteiger partial charge in [-0.2, -0.15) is 8.42 Å². The van der Waals surface area contributed by atoms with Crippen LogP contribution in [0.2, 0.25) is 0 Å². The van der Waals surface area contributed by atoms with E-state index in [4.69, 9.17) is 20.1 Å². The van der Waals surface area contributed by atoms with E-state index in [1.165, 1.54) is 37.4 Å². The van der Waals surface area contributed by atoms with Crippen LogP contribution < -0.4 is 21.1 Å². The lowest BCUT2D eigenvalue weighted by Gasteiger charge is -2.33. The highest BCUT2D eigenvalue weighted by molar-refractivity contribution is 7.85. The topological polar surface area (TPSA) is 211 Å². The number of hydrogen-bond acceptors (Lipinski definition) is 9. The summed E-state index contributed by atoms with van der Waals surface area (Å²) in [7, 11) is -2.32. The summed E-state index contributed by atoms with van der Waals surface area (Å²) in [5, 5.41) is 23.2. The van der Waals surface area contributed by atoms with E-state index in [1.54, 1.807) is 24.3 Å². The molecule has 2 aromatic carbocycles. The Hall–Kier alpha value is -4.82. The highest BCUT2D eigenvalue weighted by Gasteiger charge is 2.31. The number of carboxylic acid groups (broad SMARTS) is 1. The lowest BCUT2D eigenvalue weighted by atomic mass is 9.80. The van der Waals surface area contributed by atoms with E-state index in [0.29, 0.717) is 24.1 Å². The molecule has 0 saturated heterocycles. The second kappa shape index (κ2) is 15.5. The van der Waals surface area contributed by atoms with Gasteiger partial charge >= 0.3 is 5.97 Å². The third-order valence-electron chi connectivity index (χ3n) is 7.31. The summed E-state index contributed by atoms with van der Waals surface area (Å²) in [5.74, 6) is -2.54. The number of hydrogen-bond donors (Lipinski definition) is 5. The number of carbonyl (C=O) groups is 3. The number of ether oxygens (including phenoxy) is 1. The standard InChI is InChI=1S/C32H39N5O8S/c1-5-15-32(16-6-2,19-45-46(4,42)43)18-35-29(38)21-9-12-23(25(17-21)31(40)41)24-13-14-26(44-3)37-27(24)30(39)36-22-10-7-20(8-11-22)28(33)34/h7-14,17H,5-6,15-16,18-19H2,1-4H3,(H3,33,34)(H,35,38)(H,36,39)(H,40,41). The maximum absolute atomic E-state index is 13.4. The van der Waals surface area contributed by atoms with Crippen LogP contribution >= 0.6 is 0 Å². The summed E-state index contributed by atoms with van der Waals surface area (Å²) in [4.78, 5) is 43.4. The molecule has 0 aliphatic rings. The molecule has 1 aromatic heterocycles. The molecular weight excluding hydrogens is 614 g/mol. The van der Waals surface area contributed by atoms with E-state index < -0.39 is 33.3 Å². The van der Waals surface area contributed by atoms with Gasteiger partial charge in [0.05, 0.1) is 25.5 Å². The minimum Gasteiger partial charge on any atom is -0.481 e. The average molecular weight is 654 g/mol. The lowest BCUT2D eigenvalue weighted by Crippen LogP contribution is -2.41. The fourth-order valence-electron chi connectivity index (χ4n) is 5.13. The first-order chi connectivity index (χ1) is 21.7. The molecule has 0 saturated carbocycles. The minimum absolute atomic E-state index is 0.0603. The Kier molecular flexibility index (Phi) is 12.0. The van der Waals surface area contributed by atoms with Gasteiger partial charge in [0, 0.05) is 40.4 Å². The first-order valence-electron chi connectivity index (χ1n) is 14.5.